The molecule has 0 saturated carbocycles. The minimum absolute atomic E-state index is 0.0382. The molecule has 3 nitrogen and oxygen atoms in total. The average molecular weight is 315 g/mol. The second-order valence-electron chi connectivity index (χ2n) is 5.51. The van der Waals surface area contributed by atoms with Gasteiger partial charge in [0, 0.05) is 5.02 Å². The molecule has 2 rings (SSSR count). The number of hydrogen-bond donors (Lipinski definition) is 1. The summed E-state index contributed by atoms with van der Waals surface area (Å²) in [6.07, 6.45) is 2.30. The first-order valence-corrected chi connectivity index (χ1v) is 7.73. The van der Waals surface area contributed by atoms with Gasteiger partial charge in [0.1, 0.15) is 0 Å². The van der Waals surface area contributed by atoms with Crippen LogP contribution in [0, 0.1) is 5.92 Å². The maximum atomic E-state index is 12.3. The van der Waals surface area contributed by atoms with Crippen molar-refractivity contribution in [2.75, 3.05) is 18.4 Å². The Morgan fingerprint density at radius 2 is 2.00 bits per heavy atom. The minimum Gasteiger partial charge on any atom is -0.323 e. The summed E-state index contributed by atoms with van der Waals surface area (Å²) in [5.74, 6) is 0.715. The number of nitrogens with one attached hydrogen (secondary N) is 1. The minimum atomic E-state index is -0.155. The molecule has 0 aromatic heterocycles. The highest BCUT2D eigenvalue weighted by Crippen LogP contribution is 2.26. The van der Waals surface area contributed by atoms with Crippen molar-refractivity contribution in [3.8, 4) is 0 Å². The summed E-state index contributed by atoms with van der Waals surface area (Å²) in [7, 11) is 0. The van der Waals surface area contributed by atoms with Crippen LogP contribution < -0.4 is 5.32 Å². The molecule has 1 heterocycles. The van der Waals surface area contributed by atoms with Gasteiger partial charge < -0.3 is 5.32 Å². The van der Waals surface area contributed by atoms with Gasteiger partial charge in [-0.25, -0.2) is 0 Å². The highest BCUT2D eigenvalue weighted by atomic mass is 35.5. The number of carbonyl (C=O) groups is 1. The van der Waals surface area contributed by atoms with Crippen molar-refractivity contribution in [2.24, 2.45) is 5.92 Å². The van der Waals surface area contributed by atoms with E-state index in [2.05, 4.69) is 17.1 Å². The van der Waals surface area contributed by atoms with Crippen LogP contribution in [-0.2, 0) is 4.79 Å². The van der Waals surface area contributed by atoms with Crippen LogP contribution in [0.3, 0.4) is 0 Å². The highest BCUT2D eigenvalue weighted by molar-refractivity contribution is 6.35. The molecule has 1 N–H and O–H groups in total. The SMILES string of the molecule is CC1CCN([C@H](C)C(=O)Nc2cc(Cl)ccc2Cl)CC1. The van der Waals surface area contributed by atoms with E-state index >= 15 is 0 Å². The van der Waals surface area contributed by atoms with Crippen LogP contribution in [0.25, 0.3) is 0 Å². The van der Waals surface area contributed by atoms with Crippen LogP contribution >= 0.6 is 23.2 Å². The van der Waals surface area contributed by atoms with Crippen molar-refractivity contribution >= 4 is 34.8 Å². The molecule has 110 valence electrons. The monoisotopic (exact) mass is 314 g/mol. The number of halogens is 2. The molecule has 0 aliphatic carbocycles. The third-order valence-corrected chi connectivity index (χ3v) is 4.50. The standard InChI is InChI=1S/C15H20Cl2N2O/c1-10-5-7-19(8-6-10)11(2)15(20)18-14-9-12(16)3-4-13(14)17/h3-4,9-11H,5-8H2,1-2H3,(H,18,20)/t11-/m1/s1. The first-order valence-electron chi connectivity index (χ1n) is 6.97. The van der Waals surface area contributed by atoms with Crippen LogP contribution in [0.4, 0.5) is 5.69 Å². The molecule has 1 aromatic carbocycles. The Kier molecular flexibility index (Phi) is 5.30. The van der Waals surface area contributed by atoms with Crippen LogP contribution in [0.15, 0.2) is 18.2 Å². The summed E-state index contributed by atoms with van der Waals surface area (Å²) in [6, 6.07) is 4.91. The maximum absolute atomic E-state index is 12.3. The van der Waals surface area contributed by atoms with Crippen molar-refractivity contribution in [1.82, 2.24) is 4.90 Å². The lowest BCUT2D eigenvalue weighted by Gasteiger charge is -2.34. The summed E-state index contributed by atoms with van der Waals surface area (Å²) in [4.78, 5) is 14.5. The van der Waals surface area contributed by atoms with Crippen LogP contribution in [0.5, 0.6) is 0 Å². The topological polar surface area (TPSA) is 32.3 Å². The first kappa shape index (κ1) is 15.6. The van der Waals surface area contributed by atoms with E-state index in [4.69, 9.17) is 23.2 Å². The van der Waals surface area contributed by atoms with Gasteiger partial charge in [-0.05, 0) is 57.0 Å². The van der Waals surface area contributed by atoms with Gasteiger partial charge >= 0.3 is 0 Å². The van der Waals surface area contributed by atoms with Crippen molar-refractivity contribution in [3.05, 3.63) is 28.2 Å². The third kappa shape index (κ3) is 3.87. The molecule has 1 aliphatic rings. The summed E-state index contributed by atoms with van der Waals surface area (Å²) in [5.41, 5.74) is 0.571. The van der Waals surface area contributed by atoms with Gasteiger partial charge in [0.15, 0.2) is 0 Å². The number of rotatable bonds is 3. The predicted molar refractivity (Wildman–Crippen MR) is 84.5 cm³/mol. The Morgan fingerprint density at radius 1 is 1.35 bits per heavy atom. The Hall–Kier alpha value is -0.770. The second-order valence-corrected chi connectivity index (χ2v) is 6.35. The highest BCUT2D eigenvalue weighted by Gasteiger charge is 2.25. The van der Waals surface area contributed by atoms with Gasteiger partial charge in [-0.15, -0.1) is 0 Å². The lowest BCUT2D eigenvalue weighted by Crippen LogP contribution is -2.45. The number of amides is 1. The molecule has 1 amide bonds. The summed E-state index contributed by atoms with van der Waals surface area (Å²) < 4.78 is 0. The Balaban J connectivity index is 1.99. The second kappa shape index (κ2) is 6.79. The average Bonchev–Trinajstić information content (AvgIpc) is 2.43. The Bertz CT molecular complexity index is 485. The number of carbonyl (C=O) groups excluding carboxylic acids is 1. The van der Waals surface area contributed by atoms with Crippen molar-refractivity contribution < 1.29 is 4.79 Å². The molecule has 20 heavy (non-hydrogen) atoms. The molecule has 0 radical (unpaired) electrons. The third-order valence-electron chi connectivity index (χ3n) is 3.93. The number of piperidine rings is 1. The van der Waals surface area contributed by atoms with Crippen LogP contribution in [-0.4, -0.2) is 29.9 Å². The fraction of sp³-hybridized carbons (Fsp3) is 0.533. The summed E-state index contributed by atoms with van der Waals surface area (Å²) >= 11 is 12.0. The smallest absolute Gasteiger partial charge is 0.241 e. The number of anilines is 1. The van der Waals surface area contributed by atoms with Gasteiger partial charge in [0.25, 0.3) is 0 Å². The zero-order chi connectivity index (χ0) is 14.7. The van der Waals surface area contributed by atoms with E-state index in [1.807, 2.05) is 6.92 Å². The van der Waals surface area contributed by atoms with E-state index in [9.17, 15) is 4.79 Å². The zero-order valence-electron chi connectivity index (χ0n) is 11.8. The van der Waals surface area contributed by atoms with Gasteiger partial charge in [-0.2, -0.15) is 0 Å². The molecule has 5 heteroatoms. The maximum Gasteiger partial charge on any atom is 0.241 e. The predicted octanol–water partition coefficient (Wildman–Crippen LogP) is 4.05. The number of nitrogens with zero attached hydrogens (tertiary/aromatic N) is 1. The zero-order valence-corrected chi connectivity index (χ0v) is 13.3. The van der Waals surface area contributed by atoms with E-state index in [0.717, 1.165) is 31.8 Å². The van der Waals surface area contributed by atoms with Gasteiger partial charge in [0.2, 0.25) is 5.91 Å². The molecule has 0 unspecified atom stereocenters. The molecule has 1 aromatic rings. The molecule has 1 fully saturated rings. The lowest BCUT2D eigenvalue weighted by atomic mass is 9.98. The van der Waals surface area contributed by atoms with Crippen LogP contribution in [0.1, 0.15) is 26.7 Å². The molecular weight excluding hydrogens is 295 g/mol. The van der Waals surface area contributed by atoms with Crippen molar-refractivity contribution in [2.45, 2.75) is 32.7 Å². The molecule has 0 spiro atoms. The van der Waals surface area contributed by atoms with Gasteiger partial charge in [0.05, 0.1) is 16.8 Å². The summed E-state index contributed by atoms with van der Waals surface area (Å²) in [6.45, 7) is 6.13. The van der Waals surface area contributed by atoms with Crippen molar-refractivity contribution in [3.63, 3.8) is 0 Å². The molecule has 1 aliphatic heterocycles. The fourth-order valence-electron chi connectivity index (χ4n) is 2.41. The summed E-state index contributed by atoms with van der Waals surface area (Å²) in [5, 5.41) is 3.92. The van der Waals surface area contributed by atoms with Gasteiger partial charge in [-0.1, -0.05) is 30.1 Å². The largest absolute Gasteiger partial charge is 0.323 e. The fourth-order valence-corrected chi connectivity index (χ4v) is 2.75. The van der Waals surface area contributed by atoms with E-state index in [1.54, 1.807) is 18.2 Å². The Labute approximate surface area is 130 Å². The molecule has 0 bridgehead atoms. The Morgan fingerprint density at radius 3 is 2.65 bits per heavy atom. The number of benzene rings is 1. The number of likely N-dealkylation sites (tertiary alicyclic amines) is 1. The van der Waals surface area contributed by atoms with E-state index in [0.29, 0.717) is 15.7 Å². The van der Waals surface area contributed by atoms with E-state index in [1.165, 1.54) is 0 Å². The van der Waals surface area contributed by atoms with Crippen LogP contribution in [0.2, 0.25) is 10.0 Å². The van der Waals surface area contributed by atoms with Crippen molar-refractivity contribution in [1.29, 1.82) is 0 Å². The van der Waals surface area contributed by atoms with E-state index < -0.39 is 0 Å². The van der Waals surface area contributed by atoms with E-state index in [-0.39, 0.29) is 11.9 Å². The van der Waals surface area contributed by atoms with Gasteiger partial charge in [-0.3, -0.25) is 9.69 Å². The molecule has 1 saturated heterocycles. The molecular formula is C15H20Cl2N2O. The molecule has 1 atom stereocenters. The lowest BCUT2D eigenvalue weighted by molar-refractivity contribution is -0.121. The first-order chi connectivity index (χ1) is 9.47. The number of hydrogen-bond acceptors (Lipinski definition) is 2. The quantitative estimate of drug-likeness (QED) is 0.912. The normalized spacial score (nSPS) is 18.8.